The quantitative estimate of drug-likeness (QED) is 0.847. The van der Waals surface area contributed by atoms with E-state index in [2.05, 4.69) is 21.2 Å². The van der Waals surface area contributed by atoms with Crippen molar-refractivity contribution in [3.8, 4) is 0 Å². The van der Waals surface area contributed by atoms with E-state index in [1.165, 1.54) is 6.07 Å². The topological polar surface area (TPSA) is 32.3 Å². The molecule has 2 nitrogen and oxygen atoms in total. The minimum atomic E-state index is -0.270. The molecule has 1 atom stereocenters. The van der Waals surface area contributed by atoms with Crippen LogP contribution in [0, 0.1) is 5.82 Å². The number of aliphatic hydroxyl groups is 1. The molecule has 2 aromatic rings. The first kappa shape index (κ1) is 15.2. The molecule has 0 aliphatic rings. The Morgan fingerprint density at radius 3 is 2.55 bits per heavy atom. The number of benzene rings is 2. The normalized spacial score (nSPS) is 12.3. The molecule has 0 fully saturated rings. The molecule has 0 amide bonds. The Morgan fingerprint density at radius 2 is 1.85 bits per heavy atom. The zero-order valence-corrected chi connectivity index (χ0v) is 12.6. The molecule has 4 heteroatoms. The predicted molar refractivity (Wildman–Crippen MR) is 82.0 cm³/mol. The highest BCUT2D eigenvalue weighted by Crippen LogP contribution is 2.20. The van der Waals surface area contributed by atoms with E-state index in [1.807, 2.05) is 36.4 Å². The average molecular weight is 338 g/mol. The van der Waals surface area contributed by atoms with Crippen molar-refractivity contribution in [2.75, 3.05) is 6.61 Å². The summed E-state index contributed by atoms with van der Waals surface area (Å²) in [6, 6.07) is 14.9. The molecule has 0 saturated heterocycles. The standard InChI is InChI=1S/C16H17BrFNO/c17-16-13(7-4-8-15(16)18)10-19-14(11-20)9-12-5-2-1-3-6-12/h1-8,14,19-20H,9-11H2. The van der Waals surface area contributed by atoms with Gasteiger partial charge in [-0.3, -0.25) is 0 Å². The Morgan fingerprint density at radius 1 is 1.10 bits per heavy atom. The zero-order chi connectivity index (χ0) is 14.4. The number of hydrogen-bond acceptors (Lipinski definition) is 2. The second kappa shape index (κ2) is 7.53. The summed E-state index contributed by atoms with van der Waals surface area (Å²) >= 11 is 3.24. The summed E-state index contributed by atoms with van der Waals surface area (Å²) in [5.74, 6) is -0.270. The Kier molecular flexibility index (Phi) is 5.71. The molecule has 0 spiro atoms. The summed E-state index contributed by atoms with van der Waals surface area (Å²) in [7, 11) is 0. The van der Waals surface area contributed by atoms with Gasteiger partial charge in [0.1, 0.15) is 5.82 Å². The van der Waals surface area contributed by atoms with Crippen molar-refractivity contribution in [2.45, 2.75) is 19.0 Å². The smallest absolute Gasteiger partial charge is 0.137 e. The van der Waals surface area contributed by atoms with Gasteiger partial charge in [-0.05, 0) is 39.5 Å². The molecule has 0 saturated carbocycles. The Labute approximate surface area is 126 Å². The van der Waals surface area contributed by atoms with Gasteiger partial charge < -0.3 is 10.4 Å². The molecule has 2 rings (SSSR count). The Hall–Kier alpha value is -1.23. The highest BCUT2D eigenvalue weighted by molar-refractivity contribution is 9.10. The SMILES string of the molecule is OCC(Cc1ccccc1)NCc1cccc(F)c1Br. The van der Waals surface area contributed by atoms with E-state index in [-0.39, 0.29) is 18.5 Å². The van der Waals surface area contributed by atoms with Crippen LogP contribution in [-0.2, 0) is 13.0 Å². The van der Waals surface area contributed by atoms with Gasteiger partial charge in [-0.15, -0.1) is 0 Å². The Bertz CT molecular complexity index is 547. The molecule has 0 bridgehead atoms. The average Bonchev–Trinajstić information content (AvgIpc) is 2.48. The van der Waals surface area contributed by atoms with Crippen molar-refractivity contribution in [2.24, 2.45) is 0 Å². The summed E-state index contributed by atoms with van der Waals surface area (Å²) in [5.41, 5.74) is 2.01. The van der Waals surface area contributed by atoms with Gasteiger partial charge in [0.15, 0.2) is 0 Å². The molecule has 106 valence electrons. The number of aliphatic hydroxyl groups excluding tert-OH is 1. The van der Waals surface area contributed by atoms with Gasteiger partial charge in [0.2, 0.25) is 0 Å². The van der Waals surface area contributed by atoms with Crippen molar-refractivity contribution >= 4 is 15.9 Å². The fourth-order valence-electron chi connectivity index (χ4n) is 2.04. The third-order valence-electron chi connectivity index (χ3n) is 3.16. The molecular formula is C16H17BrFNO. The molecule has 0 aliphatic heterocycles. The second-order valence-electron chi connectivity index (χ2n) is 4.66. The van der Waals surface area contributed by atoms with Crippen LogP contribution in [0.3, 0.4) is 0 Å². The number of rotatable bonds is 6. The van der Waals surface area contributed by atoms with Crippen LogP contribution in [0.5, 0.6) is 0 Å². The van der Waals surface area contributed by atoms with E-state index >= 15 is 0 Å². The fraction of sp³-hybridized carbons (Fsp3) is 0.250. The van der Waals surface area contributed by atoms with Crippen LogP contribution < -0.4 is 5.32 Å². The second-order valence-corrected chi connectivity index (χ2v) is 5.46. The Balaban J connectivity index is 1.95. The summed E-state index contributed by atoms with van der Waals surface area (Å²) in [5, 5.41) is 12.7. The molecule has 0 heterocycles. The van der Waals surface area contributed by atoms with E-state index in [4.69, 9.17) is 0 Å². The lowest BCUT2D eigenvalue weighted by Gasteiger charge is -2.17. The first-order chi connectivity index (χ1) is 9.70. The molecule has 20 heavy (non-hydrogen) atoms. The molecule has 0 radical (unpaired) electrons. The van der Waals surface area contributed by atoms with Crippen LogP contribution in [0.15, 0.2) is 53.0 Å². The maximum atomic E-state index is 13.4. The highest BCUT2D eigenvalue weighted by atomic mass is 79.9. The third kappa shape index (κ3) is 4.13. The van der Waals surface area contributed by atoms with Crippen LogP contribution in [0.1, 0.15) is 11.1 Å². The largest absolute Gasteiger partial charge is 0.395 e. The van der Waals surface area contributed by atoms with E-state index in [9.17, 15) is 9.50 Å². The molecule has 2 aromatic carbocycles. The van der Waals surface area contributed by atoms with E-state index in [0.29, 0.717) is 11.0 Å². The minimum Gasteiger partial charge on any atom is -0.395 e. The molecule has 0 aromatic heterocycles. The number of nitrogens with one attached hydrogen (secondary N) is 1. The number of halogens is 2. The lowest BCUT2D eigenvalue weighted by atomic mass is 10.1. The molecule has 1 unspecified atom stereocenters. The summed E-state index contributed by atoms with van der Waals surface area (Å²) in [6.45, 7) is 0.554. The first-order valence-electron chi connectivity index (χ1n) is 6.51. The van der Waals surface area contributed by atoms with E-state index in [1.54, 1.807) is 6.07 Å². The minimum absolute atomic E-state index is 0.0435. The molecular weight excluding hydrogens is 321 g/mol. The van der Waals surface area contributed by atoms with Crippen LogP contribution in [0.2, 0.25) is 0 Å². The molecule has 0 aliphatic carbocycles. The van der Waals surface area contributed by atoms with E-state index < -0.39 is 0 Å². The van der Waals surface area contributed by atoms with Crippen LogP contribution in [0.4, 0.5) is 4.39 Å². The van der Waals surface area contributed by atoms with Crippen molar-refractivity contribution < 1.29 is 9.50 Å². The lowest BCUT2D eigenvalue weighted by molar-refractivity contribution is 0.240. The van der Waals surface area contributed by atoms with Crippen molar-refractivity contribution in [1.29, 1.82) is 0 Å². The summed E-state index contributed by atoms with van der Waals surface area (Å²) < 4.78 is 13.9. The van der Waals surface area contributed by atoms with Gasteiger partial charge in [0.25, 0.3) is 0 Å². The number of hydrogen-bond donors (Lipinski definition) is 2. The van der Waals surface area contributed by atoms with Crippen molar-refractivity contribution in [3.63, 3.8) is 0 Å². The van der Waals surface area contributed by atoms with Crippen LogP contribution >= 0.6 is 15.9 Å². The summed E-state index contributed by atoms with van der Waals surface area (Å²) in [4.78, 5) is 0. The highest BCUT2D eigenvalue weighted by Gasteiger charge is 2.10. The van der Waals surface area contributed by atoms with Crippen LogP contribution in [0.25, 0.3) is 0 Å². The van der Waals surface area contributed by atoms with Gasteiger partial charge in [-0.1, -0.05) is 42.5 Å². The van der Waals surface area contributed by atoms with Gasteiger partial charge in [0.05, 0.1) is 11.1 Å². The summed E-state index contributed by atoms with van der Waals surface area (Å²) in [6.07, 6.45) is 0.740. The van der Waals surface area contributed by atoms with Crippen molar-refractivity contribution in [3.05, 3.63) is 69.9 Å². The van der Waals surface area contributed by atoms with E-state index in [0.717, 1.165) is 17.5 Å². The van der Waals surface area contributed by atoms with Gasteiger partial charge in [-0.25, -0.2) is 4.39 Å². The predicted octanol–water partition coefficient (Wildman–Crippen LogP) is 3.28. The third-order valence-corrected chi connectivity index (χ3v) is 4.05. The van der Waals surface area contributed by atoms with Crippen molar-refractivity contribution in [1.82, 2.24) is 5.32 Å². The van der Waals surface area contributed by atoms with Gasteiger partial charge in [0, 0.05) is 12.6 Å². The van der Waals surface area contributed by atoms with Crippen LogP contribution in [-0.4, -0.2) is 17.8 Å². The monoisotopic (exact) mass is 337 g/mol. The molecule has 2 N–H and O–H groups in total. The lowest BCUT2D eigenvalue weighted by Crippen LogP contribution is -2.34. The maximum absolute atomic E-state index is 13.4. The zero-order valence-electron chi connectivity index (χ0n) is 11.0. The first-order valence-corrected chi connectivity index (χ1v) is 7.31. The van der Waals surface area contributed by atoms with Gasteiger partial charge in [-0.2, -0.15) is 0 Å². The van der Waals surface area contributed by atoms with Gasteiger partial charge >= 0.3 is 0 Å². The fourth-order valence-corrected chi connectivity index (χ4v) is 2.44. The maximum Gasteiger partial charge on any atom is 0.137 e.